The highest BCUT2D eigenvalue weighted by Gasteiger charge is 2.35. The lowest BCUT2D eigenvalue weighted by Gasteiger charge is -2.32. The van der Waals surface area contributed by atoms with Crippen molar-refractivity contribution in [1.82, 2.24) is 30.5 Å². The van der Waals surface area contributed by atoms with Crippen LogP contribution in [0.25, 0.3) is 11.4 Å². The standard InChI is InChI=1S/C28H28BrN7O2/c29-21-14-16-23(17-15-21)36(25(37)19-35-33-27(32-34-35)20-9-3-1-4-10-20)26(24-13-7-8-18-30-24)28(38)31-22-11-5-2-6-12-22/h1,3-4,7-10,13-18,22,26H,2,5-6,11-12,19H2,(H,31,38)/t26-/m1/s1. The number of carbonyl (C=O) groups is 2. The van der Waals surface area contributed by atoms with Crippen LogP contribution in [0.5, 0.6) is 0 Å². The van der Waals surface area contributed by atoms with Crippen molar-refractivity contribution in [1.29, 1.82) is 0 Å². The lowest BCUT2D eigenvalue weighted by atomic mass is 9.95. The third kappa shape index (κ3) is 6.13. The number of hydrogen-bond donors (Lipinski definition) is 1. The molecule has 10 heteroatoms. The second kappa shape index (κ2) is 12.1. The molecule has 4 aromatic rings. The number of hydrogen-bond acceptors (Lipinski definition) is 6. The number of amides is 2. The van der Waals surface area contributed by atoms with Crippen molar-refractivity contribution in [3.8, 4) is 11.4 Å². The van der Waals surface area contributed by atoms with Gasteiger partial charge >= 0.3 is 0 Å². The van der Waals surface area contributed by atoms with Gasteiger partial charge in [-0.3, -0.25) is 19.5 Å². The first-order valence-corrected chi connectivity index (χ1v) is 13.5. The number of nitrogens with one attached hydrogen (secondary N) is 1. The molecular weight excluding hydrogens is 546 g/mol. The fraction of sp³-hybridized carbons (Fsp3) is 0.286. The summed E-state index contributed by atoms with van der Waals surface area (Å²) in [6, 6.07) is 21.2. The van der Waals surface area contributed by atoms with Crippen molar-refractivity contribution in [2.45, 2.75) is 50.7 Å². The lowest BCUT2D eigenvalue weighted by Crippen LogP contribution is -2.48. The zero-order chi connectivity index (χ0) is 26.3. The minimum atomic E-state index is -0.969. The Morgan fingerprint density at radius 1 is 0.974 bits per heavy atom. The maximum absolute atomic E-state index is 13.9. The molecule has 1 saturated carbocycles. The first kappa shape index (κ1) is 25.7. The molecule has 9 nitrogen and oxygen atoms in total. The molecular formula is C28H28BrN7O2. The van der Waals surface area contributed by atoms with Gasteiger partial charge in [-0.15, -0.1) is 10.2 Å². The molecule has 194 valence electrons. The van der Waals surface area contributed by atoms with Gasteiger partial charge in [0.05, 0.1) is 5.69 Å². The Morgan fingerprint density at radius 2 is 1.71 bits per heavy atom. The molecule has 0 saturated heterocycles. The molecule has 1 N–H and O–H groups in total. The van der Waals surface area contributed by atoms with Crippen LogP contribution in [0.15, 0.2) is 83.5 Å². The van der Waals surface area contributed by atoms with Gasteiger partial charge in [0.25, 0.3) is 5.91 Å². The second-order valence-corrected chi connectivity index (χ2v) is 10.2. The average molecular weight is 574 g/mol. The molecule has 1 fully saturated rings. The van der Waals surface area contributed by atoms with E-state index in [2.05, 4.69) is 41.6 Å². The molecule has 1 aliphatic carbocycles. The van der Waals surface area contributed by atoms with E-state index in [9.17, 15) is 9.59 Å². The maximum atomic E-state index is 13.9. The Morgan fingerprint density at radius 3 is 2.42 bits per heavy atom. The molecule has 1 aliphatic rings. The number of benzene rings is 2. The Labute approximate surface area is 229 Å². The van der Waals surface area contributed by atoms with Crippen LogP contribution >= 0.6 is 15.9 Å². The van der Waals surface area contributed by atoms with Crippen LogP contribution in [-0.4, -0.2) is 43.0 Å². The van der Waals surface area contributed by atoms with Crippen molar-refractivity contribution < 1.29 is 9.59 Å². The maximum Gasteiger partial charge on any atom is 0.251 e. The summed E-state index contributed by atoms with van der Waals surface area (Å²) in [6.07, 6.45) is 6.82. The zero-order valence-corrected chi connectivity index (χ0v) is 22.4. The molecule has 2 amide bonds. The summed E-state index contributed by atoms with van der Waals surface area (Å²) in [6.45, 7) is -0.198. The number of carbonyl (C=O) groups excluding carboxylic acids is 2. The SMILES string of the molecule is O=C(NC1CCCCC1)[C@@H](c1ccccn1)N(C(=O)Cn1nnc(-c2ccccc2)n1)c1ccc(Br)cc1. The number of rotatable bonds is 8. The molecule has 0 aliphatic heterocycles. The molecule has 0 radical (unpaired) electrons. The molecule has 5 rings (SSSR count). The molecule has 1 atom stereocenters. The van der Waals surface area contributed by atoms with Crippen molar-refractivity contribution in [3.05, 3.63) is 89.2 Å². The minimum absolute atomic E-state index is 0.0785. The van der Waals surface area contributed by atoms with E-state index < -0.39 is 6.04 Å². The van der Waals surface area contributed by atoms with Crippen LogP contribution in [-0.2, 0) is 16.1 Å². The van der Waals surface area contributed by atoms with E-state index in [0.29, 0.717) is 17.2 Å². The van der Waals surface area contributed by atoms with Gasteiger partial charge in [0.2, 0.25) is 11.7 Å². The van der Waals surface area contributed by atoms with Crippen molar-refractivity contribution in [2.75, 3.05) is 4.90 Å². The first-order chi connectivity index (χ1) is 18.6. The Hall–Kier alpha value is -3.92. The summed E-state index contributed by atoms with van der Waals surface area (Å²) < 4.78 is 0.861. The summed E-state index contributed by atoms with van der Waals surface area (Å²) in [5.41, 5.74) is 1.85. The van der Waals surface area contributed by atoms with E-state index in [1.165, 1.54) is 16.1 Å². The summed E-state index contributed by atoms with van der Waals surface area (Å²) >= 11 is 3.46. The first-order valence-electron chi connectivity index (χ1n) is 12.7. The van der Waals surface area contributed by atoms with E-state index in [0.717, 1.165) is 35.7 Å². The predicted octanol–water partition coefficient (Wildman–Crippen LogP) is 4.72. The molecule has 0 bridgehead atoms. The van der Waals surface area contributed by atoms with Crippen LogP contribution in [0.4, 0.5) is 5.69 Å². The third-order valence-electron chi connectivity index (χ3n) is 6.56. The van der Waals surface area contributed by atoms with Crippen LogP contribution in [0, 0.1) is 0 Å². The van der Waals surface area contributed by atoms with Gasteiger partial charge < -0.3 is 5.32 Å². The zero-order valence-electron chi connectivity index (χ0n) is 20.8. The largest absolute Gasteiger partial charge is 0.351 e. The van der Waals surface area contributed by atoms with Gasteiger partial charge in [0.15, 0.2) is 6.04 Å². The van der Waals surface area contributed by atoms with E-state index in [-0.39, 0.29) is 24.4 Å². The van der Waals surface area contributed by atoms with Gasteiger partial charge in [-0.05, 0) is 54.5 Å². The van der Waals surface area contributed by atoms with Crippen LogP contribution in [0.3, 0.4) is 0 Å². The molecule has 0 spiro atoms. The summed E-state index contributed by atoms with van der Waals surface area (Å²) in [7, 11) is 0. The van der Waals surface area contributed by atoms with Crippen molar-refractivity contribution >= 4 is 33.4 Å². The monoisotopic (exact) mass is 573 g/mol. The third-order valence-corrected chi connectivity index (χ3v) is 7.09. The normalized spacial score (nSPS) is 14.6. The summed E-state index contributed by atoms with van der Waals surface area (Å²) in [4.78, 5) is 35.0. The Bertz CT molecular complexity index is 1360. The average Bonchev–Trinajstić information content (AvgIpc) is 3.42. The smallest absolute Gasteiger partial charge is 0.251 e. The molecule has 0 unspecified atom stereocenters. The topological polar surface area (TPSA) is 106 Å². The molecule has 2 heterocycles. The van der Waals surface area contributed by atoms with Gasteiger partial charge in [0.1, 0.15) is 6.54 Å². The van der Waals surface area contributed by atoms with E-state index in [4.69, 9.17) is 0 Å². The van der Waals surface area contributed by atoms with Gasteiger partial charge in [-0.25, -0.2) is 0 Å². The highest BCUT2D eigenvalue weighted by atomic mass is 79.9. The highest BCUT2D eigenvalue weighted by molar-refractivity contribution is 9.10. The Kier molecular flexibility index (Phi) is 8.18. The van der Waals surface area contributed by atoms with Crippen LogP contribution < -0.4 is 10.2 Å². The molecule has 2 aromatic heterocycles. The van der Waals surface area contributed by atoms with E-state index >= 15 is 0 Å². The predicted molar refractivity (Wildman–Crippen MR) is 147 cm³/mol. The highest BCUT2D eigenvalue weighted by Crippen LogP contribution is 2.29. The fourth-order valence-electron chi connectivity index (χ4n) is 4.70. The van der Waals surface area contributed by atoms with Gasteiger partial charge in [-0.2, -0.15) is 4.80 Å². The van der Waals surface area contributed by atoms with Gasteiger partial charge in [-0.1, -0.05) is 71.6 Å². The molecule has 38 heavy (non-hydrogen) atoms. The van der Waals surface area contributed by atoms with Crippen LogP contribution in [0.1, 0.15) is 43.8 Å². The fourth-order valence-corrected chi connectivity index (χ4v) is 4.96. The van der Waals surface area contributed by atoms with Crippen molar-refractivity contribution in [2.24, 2.45) is 0 Å². The van der Waals surface area contributed by atoms with E-state index in [1.807, 2.05) is 48.5 Å². The van der Waals surface area contributed by atoms with E-state index in [1.54, 1.807) is 30.5 Å². The second-order valence-electron chi connectivity index (χ2n) is 9.25. The van der Waals surface area contributed by atoms with Crippen molar-refractivity contribution in [3.63, 3.8) is 0 Å². The minimum Gasteiger partial charge on any atom is -0.351 e. The number of anilines is 1. The summed E-state index contributed by atoms with van der Waals surface area (Å²) in [5, 5.41) is 15.8. The quantitative estimate of drug-likeness (QED) is 0.327. The number of nitrogens with zero attached hydrogens (tertiary/aromatic N) is 6. The summed E-state index contributed by atoms with van der Waals surface area (Å²) in [5.74, 6) is -0.202. The Balaban J connectivity index is 1.48. The van der Waals surface area contributed by atoms with Crippen LogP contribution in [0.2, 0.25) is 0 Å². The lowest BCUT2D eigenvalue weighted by molar-refractivity contribution is -0.127. The van der Waals surface area contributed by atoms with Gasteiger partial charge in [0, 0.05) is 28.0 Å². The number of halogens is 1. The molecule has 2 aromatic carbocycles. The number of pyridine rings is 1. The number of aromatic nitrogens is 5. The number of tetrazole rings is 1.